The van der Waals surface area contributed by atoms with Crippen molar-refractivity contribution in [2.75, 3.05) is 0 Å². The Hall–Kier alpha value is -1.98. The lowest BCUT2D eigenvalue weighted by atomic mass is 9.83. The van der Waals surface area contributed by atoms with Crippen molar-refractivity contribution in [1.29, 1.82) is 0 Å². The summed E-state index contributed by atoms with van der Waals surface area (Å²) in [5.41, 5.74) is 0.359. The highest BCUT2D eigenvalue weighted by atomic mass is 16.2. The molecule has 1 fully saturated rings. The van der Waals surface area contributed by atoms with E-state index in [9.17, 15) is 9.59 Å². The van der Waals surface area contributed by atoms with Gasteiger partial charge in [-0.2, -0.15) is 10.2 Å². The molecule has 2 atom stereocenters. The first-order valence-corrected chi connectivity index (χ1v) is 7.22. The largest absolute Gasteiger partial charge is 0.342 e. The lowest BCUT2D eigenvalue weighted by molar-refractivity contribution is -0.153. The van der Waals surface area contributed by atoms with Crippen LogP contribution in [0.1, 0.15) is 39.8 Å². The van der Waals surface area contributed by atoms with Gasteiger partial charge in [0.25, 0.3) is 0 Å². The van der Waals surface area contributed by atoms with Crippen LogP contribution < -0.4 is 5.32 Å². The zero-order chi connectivity index (χ0) is 15.6. The molecule has 2 heterocycles. The van der Waals surface area contributed by atoms with E-state index in [4.69, 9.17) is 0 Å². The van der Waals surface area contributed by atoms with Crippen molar-refractivity contribution < 1.29 is 9.59 Å². The van der Waals surface area contributed by atoms with Crippen molar-refractivity contribution in [2.24, 2.45) is 5.41 Å². The Morgan fingerprint density at radius 1 is 1.33 bits per heavy atom. The normalized spacial score (nSPS) is 23.1. The van der Waals surface area contributed by atoms with Gasteiger partial charge in [-0.25, -0.2) is 0 Å². The summed E-state index contributed by atoms with van der Waals surface area (Å²) in [4.78, 5) is 26.7. The maximum Gasteiger partial charge on any atom is 0.246 e. The number of nitrogens with one attached hydrogen (secondary N) is 1. The smallest absolute Gasteiger partial charge is 0.246 e. The summed E-state index contributed by atoms with van der Waals surface area (Å²) in [6, 6.07) is 2.63. The Balaban J connectivity index is 2.29. The fourth-order valence-electron chi connectivity index (χ4n) is 2.53. The van der Waals surface area contributed by atoms with Crippen molar-refractivity contribution in [3.63, 3.8) is 0 Å². The van der Waals surface area contributed by atoms with Crippen molar-refractivity contribution in [2.45, 2.75) is 52.7 Å². The van der Waals surface area contributed by atoms with Crippen molar-refractivity contribution in [3.8, 4) is 0 Å². The van der Waals surface area contributed by atoms with Gasteiger partial charge >= 0.3 is 0 Å². The number of hydrogen-bond donors (Lipinski definition) is 1. The summed E-state index contributed by atoms with van der Waals surface area (Å²) in [7, 11) is 0. The van der Waals surface area contributed by atoms with Crippen LogP contribution in [0, 0.1) is 5.41 Å². The third-order valence-corrected chi connectivity index (χ3v) is 3.71. The number of carbonyl (C=O) groups is 2. The fraction of sp³-hybridized carbons (Fsp3) is 0.600. The lowest BCUT2D eigenvalue weighted by Crippen LogP contribution is -2.66. The van der Waals surface area contributed by atoms with Crippen LogP contribution in [0.4, 0.5) is 0 Å². The topological polar surface area (TPSA) is 75.2 Å². The van der Waals surface area contributed by atoms with Gasteiger partial charge in [-0.3, -0.25) is 9.59 Å². The fourth-order valence-corrected chi connectivity index (χ4v) is 2.53. The maximum absolute atomic E-state index is 12.8. The molecule has 0 spiro atoms. The van der Waals surface area contributed by atoms with Gasteiger partial charge in [0.1, 0.15) is 12.1 Å². The Bertz CT molecular complexity index is 524. The van der Waals surface area contributed by atoms with Gasteiger partial charge in [-0.15, -0.1) is 0 Å². The number of carbonyl (C=O) groups excluding carboxylic acids is 2. The quantitative estimate of drug-likeness (QED) is 0.905. The summed E-state index contributed by atoms with van der Waals surface area (Å²) in [5.74, 6) is -0.152. The minimum absolute atomic E-state index is 0.0559. The molecule has 1 aliphatic rings. The van der Waals surface area contributed by atoms with E-state index < -0.39 is 12.1 Å². The molecule has 114 valence electrons. The van der Waals surface area contributed by atoms with Gasteiger partial charge in [-0.05, 0) is 24.0 Å². The molecule has 2 amide bonds. The number of rotatable bonds is 3. The first kappa shape index (κ1) is 15.4. The Kier molecular flexibility index (Phi) is 4.25. The minimum Gasteiger partial charge on any atom is -0.342 e. The molecule has 2 rings (SSSR count). The molecule has 6 heteroatoms. The second-order valence-electron chi connectivity index (χ2n) is 6.41. The molecule has 0 saturated carbocycles. The molecule has 1 aromatic rings. The van der Waals surface area contributed by atoms with Crippen molar-refractivity contribution in [3.05, 3.63) is 24.0 Å². The number of hydrogen-bond acceptors (Lipinski definition) is 4. The van der Waals surface area contributed by atoms with Crippen LogP contribution in [0.5, 0.6) is 0 Å². The summed E-state index contributed by atoms with van der Waals surface area (Å²) in [5, 5.41) is 10.7. The standard InChI is InChI=1S/C15H22N4O2/c1-5-11-13(20)17-12(15(2,3)4)14(21)19(11)9-10-7-6-8-16-18-10/h6-8,11-12H,5,9H2,1-4H3,(H,17,20). The molecule has 0 aliphatic carbocycles. The predicted molar refractivity (Wildman–Crippen MR) is 78.0 cm³/mol. The highest BCUT2D eigenvalue weighted by Crippen LogP contribution is 2.26. The molecule has 1 saturated heterocycles. The van der Waals surface area contributed by atoms with Gasteiger partial charge in [0.2, 0.25) is 11.8 Å². The Morgan fingerprint density at radius 2 is 2.05 bits per heavy atom. The monoisotopic (exact) mass is 290 g/mol. The third-order valence-electron chi connectivity index (χ3n) is 3.71. The van der Waals surface area contributed by atoms with Crippen LogP contribution in [0.2, 0.25) is 0 Å². The second-order valence-corrected chi connectivity index (χ2v) is 6.41. The van der Waals surface area contributed by atoms with E-state index in [-0.39, 0.29) is 17.2 Å². The van der Waals surface area contributed by atoms with Crippen LogP contribution in [0.3, 0.4) is 0 Å². The first-order valence-electron chi connectivity index (χ1n) is 7.22. The molecule has 1 aromatic heterocycles. The van der Waals surface area contributed by atoms with Crippen molar-refractivity contribution in [1.82, 2.24) is 20.4 Å². The summed E-state index contributed by atoms with van der Waals surface area (Å²) < 4.78 is 0. The van der Waals surface area contributed by atoms with Gasteiger partial charge in [0.05, 0.1) is 12.2 Å². The molecule has 21 heavy (non-hydrogen) atoms. The Morgan fingerprint density at radius 3 is 2.57 bits per heavy atom. The lowest BCUT2D eigenvalue weighted by Gasteiger charge is -2.43. The maximum atomic E-state index is 12.8. The van der Waals surface area contributed by atoms with Crippen LogP contribution in [-0.4, -0.2) is 39.0 Å². The van der Waals surface area contributed by atoms with E-state index in [0.29, 0.717) is 18.7 Å². The van der Waals surface area contributed by atoms with Gasteiger partial charge in [-0.1, -0.05) is 27.7 Å². The van der Waals surface area contributed by atoms with E-state index in [0.717, 1.165) is 0 Å². The molecule has 1 N–H and O–H groups in total. The Labute approximate surface area is 124 Å². The first-order chi connectivity index (χ1) is 9.84. The molecule has 0 bridgehead atoms. The molecule has 6 nitrogen and oxygen atoms in total. The van der Waals surface area contributed by atoms with Crippen LogP contribution >= 0.6 is 0 Å². The van der Waals surface area contributed by atoms with Gasteiger partial charge in [0, 0.05) is 6.20 Å². The van der Waals surface area contributed by atoms with Gasteiger partial charge in [0.15, 0.2) is 0 Å². The molecule has 0 radical (unpaired) electrons. The predicted octanol–water partition coefficient (Wildman–Crippen LogP) is 1.13. The molecule has 0 aromatic carbocycles. The summed E-state index contributed by atoms with van der Waals surface area (Å²) in [6.07, 6.45) is 2.16. The highest BCUT2D eigenvalue weighted by molar-refractivity contribution is 5.97. The highest BCUT2D eigenvalue weighted by Gasteiger charge is 2.44. The molecular weight excluding hydrogens is 268 g/mol. The third kappa shape index (κ3) is 3.20. The van der Waals surface area contributed by atoms with Crippen LogP contribution in [0.25, 0.3) is 0 Å². The van der Waals surface area contributed by atoms with E-state index in [1.807, 2.05) is 33.8 Å². The molecular formula is C15H22N4O2. The SMILES string of the molecule is CCC1C(=O)NC(C(C)(C)C)C(=O)N1Cc1cccnn1. The number of aromatic nitrogens is 2. The second kappa shape index (κ2) is 5.79. The van der Waals surface area contributed by atoms with E-state index in [1.165, 1.54) is 0 Å². The zero-order valence-corrected chi connectivity index (χ0v) is 13.0. The van der Waals surface area contributed by atoms with Crippen LogP contribution in [0.15, 0.2) is 18.3 Å². The average molecular weight is 290 g/mol. The number of piperazine rings is 1. The average Bonchev–Trinajstić information content (AvgIpc) is 2.42. The van der Waals surface area contributed by atoms with Gasteiger partial charge < -0.3 is 10.2 Å². The molecule has 1 aliphatic heterocycles. The van der Waals surface area contributed by atoms with E-state index in [1.54, 1.807) is 17.2 Å². The zero-order valence-electron chi connectivity index (χ0n) is 13.0. The van der Waals surface area contributed by atoms with E-state index >= 15 is 0 Å². The van der Waals surface area contributed by atoms with Crippen LogP contribution in [-0.2, 0) is 16.1 Å². The molecule has 2 unspecified atom stereocenters. The van der Waals surface area contributed by atoms with Crippen molar-refractivity contribution >= 4 is 11.8 Å². The number of amides is 2. The number of nitrogens with zero attached hydrogens (tertiary/aromatic N) is 3. The summed E-state index contributed by atoms with van der Waals surface area (Å²) in [6.45, 7) is 8.05. The van der Waals surface area contributed by atoms with E-state index in [2.05, 4.69) is 15.5 Å². The summed E-state index contributed by atoms with van der Waals surface area (Å²) >= 11 is 0. The minimum atomic E-state index is -0.510.